The molecule has 1 aliphatic rings. The van der Waals surface area contributed by atoms with Crippen LogP contribution in [-0.4, -0.2) is 30.7 Å². The van der Waals surface area contributed by atoms with Gasteiger partial charge < -0.3 is 15.4 Å². The molecule has 2 heterocycles. The number of imidazole rings is 1. The first-order valence-electron chi connectivity index (χ1n) is 5.05. The average molecular weight is 217 g/mol. The highest BCUT2D eigenvalue weighted by atomic mass is 16.3. The van der Waals surface area contributed by atoms with Crippen molar-refractivity contribution in [1.82, 2.24) is 19.5 Å². The predicted octanol–water partition coefficient (Wildman–Crippen LogP) is 0.270. The van der Waals surface area contributed by atoms with Crippen LogP contribution in [0.3, 0.4) is 0 Å². The molecule has 1 aliphatic carbocycles. The molecule has 3 N–H and O–H groups in total. The van der Waals surface area contributed by atoms with E-state index in [1.807, 2.05) is 16.7 Å². The van der Waals surface area contributed by atoms with Gasteiger partial charge in [-0.15, -0.1) is 0 Å². The summed E-state index contributed by atoms with van der Waals surface area (Å²) in [7, 11) is 0. The number of hydrogen-bond donors (Lipinski definition) is 2. The summed E-state index contributed by atoms with van der Waals surface area (Å²) in [5, 5.41) is 9.80. The number of hydrogen-bond acceptors (Lipinski definition) is 5. The number of aliphatic hydroxyl groups excluding tert-OH is 1. The van der Waals surface area contributed by atoms with Gasteiger partial charge in [0.05, 0.1) is 18.5 Å². The Morgan fingerprint density at radius 1 is 1.38 bits per heavy atom. The second-order valence-corrected chi connectivity index (χ2v) is 3.80. The van der Waals surface area contributed by atoms with E-state index in [-0.39, 0.29) is 6.04 Å². The van der Waals surface area contributed by atoms with Gasteiger partial charge in [0, 0.05) is 0 Å². The fourth-order valence-electron chi connectivity index (χ4n) is 1.99. The van der Waals surface area contributed by atoms with Crippen LogP contribution in [0, 0.1) is 0 Å². The molecule has 2 aromatic rings. The maximum absolute atomic E-state index is 9.80. The Balaban J connectivity index is 2.18. The van der Waals surface area contributed by atoms with E-state index in [2.05, 4.69) is 15.0 Å². The fourth-order valence-corrected chi connectivity index (χ4v) is 1.99. The van der Waals surface area contributed by atoms with Crippen LogP contribution in [0.4, 0.5) is 5.82 Å². The van der Waals surface area contributed by atoms with Crippen molar-refractivity contribution >= 4 is 17.0 Å². The number of aromatic nitrogens is 4. The van der Waals surface area contributed by atoms with Crippen molar-refractivity contribution in [2.45, 2.75) is 18.6 Å². The predicted molar refractivity (Wildman–Crippen MR) is 58.5 cm³/mol. The Morgan fingerprint density at radius 2 is 2.25 bits per heavy atom. The molecule has 82 valence electrons. The first kappa shape index (κ1) is 9.29. The van der Waals surface area contributed by atoms with E-state index >= 15 is 0 Å². The highest BCUT2D eigenvalue weighted by molar-refractivity contribution is 5.81. The van der Waals surface area contributed by atoms with Crippen molar-refractivity contribution in [3.63, 3.8) is 0 Å². The molecule has 2 aromatic heterocycles. The standard InChI is InChI=1S/C10H11N5O/c11-9-8-10(13-4-12-9)15(5-14-8)6-2-1-3-7(6)16/h1-2,4-7,16H,3H2,(H2,11,12,13). The van der Waals surface area contributed by atoms with Gasteiger partial charge in [0.1, 0.15) is 11.8 Å². The molecule has 0 aliphatic heterocycles. The molecule has 0 fully saturated rings. The van der Waals surface area contributed by atoms with Crippen molar-refractivity contribution < 1.29 is 5.11 Å². The summed E-state index contributed by atoms with van der Waals surface area (Å²) in [4.78, 5) is 12.2. The average Bonchev–Trinajstić information content (AvgIpc) is 2.84. The smallest absolute Gasteiger partial charge is 0.166 e. The van der Waals surface area contributed by atoms with Crippen LogP contribution in [0.25, 0.3) is 11.2 Å². The normalized spacial score (nSPS) is 24.3. The van der Waals surface area contributed by atoms with Crippen LogP contribution in [-0.2, 0) is 0 Å². The highest BCUT2D eigenvalue weighted by Gasteiger charge is 2.24. The minimum Gasteiger partial charge on any atom is -0.390 e. The quantitative estimate of drug-likeness (QED) is 0.669. The van der Waals surface area contributed by atoms with Gasteiger partial charge in [-0.1, -0.05) is 12.2 Å². The topological polar surface area (TPSA) is 89.9 Å². The van der Waals surface area contributed by atoms with Crippen molar-refractivity contribution in [2.75, 3.05) is 5.73 Å². The lowest BCUT2D eigenvalue weighted by atomic mass is 10.2. The lowest BCUT2D eigenvalue weighted by Crippen LogP contribution is -2.18. The first-order chi connectivity index (χ1) is 7.77. The van der Waals surface area contributed by atoms with Crippen LogP contribution < -0.4 is 5.73 Å². The third-order valence-electron chi connectivity index (χ3n) is 2.81. The van der Waals surface area contributed by atoms with Crippen molar-refractivity contribution in [1.29, 1.82) is 0 Å². The molecular formula is C10H11N5O. The summed E-state index contributed by atoms with van der Waals surface area (Å²) in [6.45, 7) is 0. The largest absolute Gasteiger partial charge is 0.390 e. The second kappa shape index (κ2) is 3.28. The van der Waals surface area contributed by atoms with Crippen LogP contribution in [0.5, 0.6) is 0 Å². The molecule has 0 spiro atoms. The fraction of sp³-hybridized carbons (Fsp3) is 0.300. The van der Waals surface area contributed by atoms with Gasteiger partial charge in [-0.05, 0) is 6.42 Å². The molecule has 6 nitrogen and oxygen atoms in total. The molecule has 0 aromatic carbocycles. The summed E-state index contributed by atoms with van der Waals surface area (Å²) in [6.07, 6.45) is 7.18. The van der Waals surface area contributed by atoms with Crippen molar-refractivity contribution in [3.8, 4) is 0 Å². The minimum atomic E-state index is -0.423. The zero-order valence-electron chi connectivity index (χ0n) is 8.48. The first-order valence-corrected chi connectivity index (χ1v) is 5.05. The third kappa shape index (κ3) is 1.20. The summed E-state index contributed by atoms with van der Waals surface area (Å²) < 4.78 is 1.82. The van der Waals surface area contributed by atoms with E-state index in [1.165, 1.54) is 6.33 Å². The van der Waals surface area contributed by atoms with Gasteiger partial charge >= 0.3 is 0 Å². The molecule has 0 radical (unpaired) electrons. The van der Waals surface area contributed by atoms with Gasteiger partial charge in [0.25, 0.3) is 0 Å². The summed E-state index contributed by atoms with van der Waals surface area (Å²) in [5.41, 5.74) is 6.93. The lowest BCUT2D eigenvalue weighted by Gasteiger charge is -2.15. The zero-order chi connectivity index (χ0) is 11.1. The summed E-state index contributed by atoms with van der Waals surface area (Å²) >= 11 is 0. The van der Waals surface area contributed by atoms with Crippen LogP contribution in [0.1, 0.15) is 12.5 Å². The molecule has 0 bridgehead atoms. The van der Waals surface area contributed by atoms with Crippen LogP contribution in [0.2, 0.25) is 0 Å². The number of nitrogens with zero attached hydrogens (tertiary/aromatic N) is 4. The maximum atomic E-state index is 9.80. The Kier molecular flexibility index (Phi) is 1.90. The summed E-state index contributed by atoms with van der Waals surface area (Å²) in [5.74, 6) is 0.361. The number of anilines is 1. The zero-order valence-corrected chi connectivity index (χ0v) is 8.48. The van der Waals surface area contributed by atoms with Crippen molar-refractivity contribution in [3.05, 3.63) is 24.8 Å². The second-order valence-electron chi connectivity index (χ2n) is 3.80. The minimum absolute atomic E-state index is 0.112. The SMILES string of the molecule is Nc1ncnc2c1ncn2C1C=CCC1O. The molecule has 0 saturated heterocycles. The Hall–Kier alpha value is -1.95. The molecule has 16 heavy (non-hydrogen) atoms. The van der Waals surface area contributed by atoms with Crippen molar-refractivity contribution in [2.24, 2.45) is 0 Å². The molecule has 2 atom stereocenters. The molecular weight excluding hydrogens is 206 g/mol. The van der Waals surface area contributed by atoms with Gasteiger partial charge in [0.15, 0.2) is 11.5 Å². The van der Waals surface area contributed by atoms with E-state index in [9.17, 15) is 5.11 Å². The molecule has 0 amide bonds. The van der Waals surface area contributed by atoms with E-state index in [4.69, 9.17) is 5.73 Å². The number of nitrogens with two attached hydrogens (primary N) is 1. The Labute approximate surface area is 91.5 Å². The monoisotopic (exact) mass is 217 g/mol. The van der Waals surface area contributed by atoms with Gasteiger partial charge in [-0.2, -0.15) is 0 Å². The van der Waals surface area contributed by atoms with Gasteiger partial charge in [-0.3, -0.25) is 0 Å². The number of aliphatic hydroxyl groups is 1. The van der Waals surface area contributed by atoms with E-state index in [1.54, 1.807) is 6.33 Å². The number of fused-ring (bicyclic) bond motifs is 1. The molecule has 2 unspecified atom stereocenters. The van der Waals surface area contributed by atoms with Crippen LogP contribution >= 0.6 is 0 Å². The van der Waals surface area contributed by atoms with Gasteiger partial charge in [-0.25, -0.2) is 15.0 Å². The number of rotatable bonds is 1. The maximum Gasteiger partial charge on any atom is 0.166 e. The van der Waals surface area contributed by atoms with Gasteiger partial charge in [0.2, 0.25) is 0 Å². The molecule has 6 heteroatoms. The van der Waals surface area contributed by atoms with E-state index in [0.29, 0.717) is 23.4 Å². The highest BCUT2D eigenvalue weighted by Crippen LogP contribution is 2.27. The van der Waals surface area contributed by atoms with E-state index in [0.717, 1.165) is 0 Å². The molecule has 3 rings (SSSR count). The Morgan fingerprint density at radius 3 is 3.00 bits per heavy atom. The third-order valence-corrected chi connectivity index (χ3v) is 2.81. The number of nitrogen functional groups attached to an aromatic ring is 1. The Bertz CT molecular complexity index is 561. The van der Waals surface area contributed by atoms with E-state index < -0.39 is 6.10 Å². The summed E-state index contributed by atoms with van der Waals surface area (Å²) in [6, 6.07) is -0.112. The lowest BCUT2D eigenvalue weighted by molar-refractivity contribution is 0.148. The molecule has 0 saturated carbocycles. The van der Waals surface area contributed by atoms with Crippen LogP contribution in [0.15, 0.2) is 24.8 Å².